The summed E-state index contributed by atoms with van der Waals surface area (Å²) in [5.74, 6) is -0.296. The number of amides is 1. The van der Waals surface area contributed by atoms with Crippen molar-refractivity contribution in [2.75, 3.05) is 0 Å². The molecule has 1 amide bonds. The van der Waals surface area contributed by atoms with E-state index in [-0.39, 0.29) is 17.5 Å². The Kier molecular flexibility index (Phi) is 5.98. The average molecular weight is 410 g/mol. The number of benzene rings is 2. The zero-order valence-corrected chi connectivity index (χ0v) is 17.1. The van der Waals surface area contributed by atoms with E-state index >= 15 is 0 Å². The fourth-order valence-electron chi connectivity index (χ4n) is 3.39. The summed E-state index contributed by atoms with van der Waals surface area (Å²) in [6, 6.07) is 25.1. The van der Waals surface area contributed by atoms with Gasteiger partial charge in [-0.25, -0.2) is 4.68 Å². The molecule has 1 atom stereocenters. The van der Waals surface area contributed by atoms with Gasteiger partial charge in [0.15, 0.2) is 0 Å². The van der Waals surface area contributed by atoms with Gasteiger partial charge in [-0.1, -0.05) is 60.7 Å². The molecule has 2 aromatic heterocycles. The van der Waals surface area contributed by atoms with Crippen molar-refractivity contribution in [3.05, 3.63) is 119 Å². The summed E-state index contributed by atoms with van der Waals surface area (Å²) >= 11 is 0. The Labute approximate surface area is 180 Å². The first-order valence-electron chi connectivity index (χ1n) is 10.0. The zero-order chi connectivity index (χ0) is 21.6. The molecule has 0 aliphatic rings. The molecule has 6 heteroatoms. The lowest BCUT2D eigenvalue weighted by molar-refractivity contribution is -0.124. The Morgan fingerprint density at radius 1 is 0.871 bits per heavy atom. The number of nitrogens with one attached hydrogen (secondary N) is 1. The third-order valence-corrected chi connectivity index (χ3v) is 5.08. The van der Waals surface area contributed by atoms with Crippen LogP contribution in [-0.2, 0) is 4.79 Å². The molecule has 1 unspecified atom stereocenters. The maximum absolute atomic E-state index is 13.2. The van der Waals surface area contributed by atoms with Gasteiger partial charge in [-0.05, 0) is 36.2 Å². The Morgan fingerprint density at radius 3 is 2.10 bits per heavy atom. The highest BCUT2D eigenvalue weighted by molar-refractivity contribution is 5.80. The number of carbonyl (C=O) groups excluding carboxylic acids is 1. The standard InChI is InChI=1S/C25H22N4O2/c1-18(29-23(30)15-14-22(28-29)21-13-8-16-26-17-21)25(31)27-24(19-9-4-2-5-10-19)20-11-6-3-7-12-20/h2-18,24H,1H3,(H,27,31). The quantitative estimate of drug-likeness (QED) is 0.525. The van der Waals surface area contributed by atoms with Gasteiger partial charge in [0.25, 0.3) is 5.56 Å². The SMILES string of the molecule is CC(C(=O)NC(c1ccccc1)c1ccccc1)n1nc(-c2cccnc2)ccc1=O. The summed E-state index contributed by atoms with van der Waals surface area (Å²) in [6.07, 6.45) is 3.34. The zero-order valence-electron chi connectivity index (χ0n) is 17.1. The molecule has 0 spiro atoms. The predicted octanol–water partition coefficient (Wildman–Crippen LogP) is 3.77. The maximum atomic E-state index is 13.2. The van der Waals surface area contributed by atoms with E-state index in [9.17, 15) is 9.59 Å². The summed E-state index contributed by atoms with van der Waals surface area (Å²) in [4.78, 5) is 29.7. The largest absolute Gasteiger partial charge is 0.343 e. The summed E-state index contributed by atoms with van der Waals surface area (Å²) in [5.41, 5.74) is 2.92. The molecular formula is C25H22N4O2. The van der Waals surface area contributed by atoms with E-state index in [4.69, 9.17) is 0 Å². The van der Waals surface area contributed by atoms with Gasteiger partial charge in [-0.2, -0.15) is 5.10 Å². The van der Waals surface area contributed by atoms with Crippen LogP contribution in [0.15, 0.2) is 102 Å². The van der Waals surface area contributed by atoms with Crippen LogP contribution in [0.4, 0.5) is 0 Å². The summed E-state index contributed by atoms with van der Waals surface area (Å²) in [7, 11) is 0. The second-order valence-corrected chi connectivity index (χ2v) is 7.18. The first kappa shape index (κ1) is 20.2. The Bertz CT molecular complexity index is 1170. The van der Waals surface area contributed by atoms with Crippen molar-refractivity contribution in [2.24, 2.45) is 0 Å². The fourth-order valence-corrected chi connectivity index (χ4v) is 3.39. The number of hydrogen-bond donors (Lipinski definition) is 1. The maximum Gasteiger partial charge on any atom is 0.267 e. The van der Waals surface area contributed by atoms with Crippen molar-refractivity contribution >= 4 is 5.91 Å². The minimum absolute atomic E-state index is 0.296. The number of rotatable bonds is 6. The lowest BCUT2D eigenvalue weighted by Crippen LogP contribution is -2.39. The lowest BCUT2D eigenvalue weighted by atomic mass is 9.98. The van der Waals surface area contributed by atoms with Crippen molar-refractivity contribution in [2.45, 2.75) is 19.0 Å². The highest BCUT2D eigenvalue weighted by Crippen LogP contribution is 2.23. The van der Waals surface area contributed by atoms with E-state index in [1.165, 1.54) is 10.7 Å². The van der Waals surface area contributed by atoms with Crippen LogP contribution < -0.4 is 10.9 Å². The van der Waals surface area contributed by atoms with Crippen molar-refractivity contribution in [3.8, 4) is 11.3 Å². The van der Waals surface area contributed by atoms with Gasteiger partial charge >= 0.3 is 0 Å². The highest BCUT2D eigenvalue weighted by atomic mass is 16.2. The van der Waals surface area contributed by atoms with Crippen LogP contribution in [0.5, 0.6) is 0 Å². The molecule has 4 aromatic rings. The first-order valence-corrected chi connectivity index (χ1v) is 10.0. The molecule has 154 valence electrons. The summed E-state index contributed by atoms with van der Waals surface area (Å²) < 4.78 is 1.21. The van der Waals surface area contributed by atoms with Gasteiger partial charge in [-0.15, -0.1) is 0 Å². The molecule has 0 fully saturated rings. The van der Waals surface area contributed by atoms with Gasteiger partial charge in [0.05, 0.1) is 11.7 Å². The van der Waals surface area contributed by atoms with Crippen molar-refractivity contribution in [1.82, 2.24) is 20.1 Å². The van der Waals surface area contributed by atoms with Crippen LogP contribution in [0.3, 0.4) is 0 Å². The number of carbonyl (C=O) groups is 1. The first-order chi connectivity index (χ1) is 15.1. The number of nitrogens with zero attached hydrogens (tertiary/aromatic N) is 3. The molecule has 0 saturated carbocycles. The molecule has 0 saturated heterocycles. The summed E-state index contributed by atoms with van der Waals surface area (Å²) in [6.45, 7) is 1.67. The van der Waals surface area contributed by atoms with Gasteiger partial charge < -0.3 is 5.32 Å². The average Bonchev–Trinajstić information content (AvgIpc) is 2.84. The van der Waals surface area contributed by atoms with E-state index in [1.54, 1.807) is 31.5 Å². The van der Waals surface area contributed by atoms with Crippen LogP contribution in [-0.4, -0.2) is 20.7 Å². The molecule has 2 aromatic carbocycles. The molecule has 0 radical (unpaired) electrons. The van der Waals surface area contributed by atoms with Crippen molar-refractivity contribution in [1.29, 1.82) is 0 Å². The molecule has 2 heterocycles. The topological polar surface area (TPSA) is 76.9 Å². The van der Waals surface area contributed by atoms with E-state index < -0.39 is 6.04 Å². The molecular weight excluding hydrogens is 388 g/mol. The molecule has 0 aliphatic heterocycles. The smallest absolute Gasteiger partial charge is 0.267 e. The molecule has 4 rings (SSSR count). The Balaban J connectivity index is 1.63. The third kappa shape index (κ3) is 4.59. The predicted molar refractivity (Wildman–Crippen MR) is 119 cm³/mol. The Morgan fingerprint density at radius 2 is 1.52 bits per heavy atom. The molecule has 0 aliphatic carbocycles. The second-order valence-electron chi connectivity index (χ2n) is 7.18. The second kappa shape index (κ2) is 9.17. The van der Waals surface area contributed by atoms with E-state index in [0.717, 1.165) is 16.7 Å². The van der Waals surface area contributed by atoms with E-state index in [0.29, 0.717) is 5.69 Å². The van der Waals surface area contributed by atoms with E-state index in [1.807, 2.05) is 66.7 Å². The van der Waals surface area contributed by atoms with Crippen molar-refractivity contribution < 1.29 is 4.79 Å². The fraction of sp³-hybridized carbons (Fsp3) is 0.120. The van der Waals surface area contributed by atoms with Crippen LogP contribution in [0.1, 0.15) is 30.1 Å². The highest BCUT2D eigenvalue weighted by Gasteiger charge is 2.23. The molecule has 31 heavy (non-hydrogen) atoms. The molecule has 0 bridgehead atoms. The van der Waals surface area contributed by atoms with Crippen LogP contribution in [0, 0.1) is 0 Å². The third-order valence-electron chi connectivity index (χ3n) is 5.08. The molecule has 6 nitrogen and oxygen atoms in total. The van der Waals surface area contributed by atoms with Crippen LogP contribution in [0.25, 0.3) is 11.3 Å². The number of aromatic nitrogens is 3. The van der Waals surface area contributed by atoms with Gasteiger partial charge in [0, 0.05) is 24.0 Å². The minimum atomic E-state index is -0.793. The van der Waals surface area contributed by atoms with E-state index in [2.05, 4.69) is 15.4 Å². The Hall–Kier alpha value is -4.06. The van der Waals surface area contributed by atoms with Gasteiger partial charge in [-0.3, -0.25) is 14.6 Å². The monoisotopic (exact) mass is 410 g/mol. The van der Waals surface area contributed by atoms with Crippen LogP contribution in [0.2, 0.25) is 0 Å². The van der Waals surface area contributed by atoms with Crippen molar-refractivity contribution in [3.63, 3.8) is 0 Å². The van der Waals surface area contributed by atoms with Gasteiger partial charge in [0.1, 0.15) is 6.04 Å². The number of hydrogen-bond acceptors (Lipinski definition) is 4. The molecule has 1 N–H and O–H groups in total. The van der Waals surface area contributed by atoms with Crippen LogP contribution >= 0.6 is 0 Å². The summed E-state index contributed by atoms with van der Waals surface area (Å²) in [5, 5.41) is 7.50. The number of pyridine rings is 1. The lowest BCUT2D eigenvalue weighted by Gasteiger charge is -2.22. The van der Waals surface area contributed by atoms with Gasteiger partial charge in [0.2, 0.25) is 5.91 Å². The minimum Gasteiger partial charge on any atom is -0.343 e. The normalized spacial score (nSPS) is 11.8.